The molecule has 0 aliphatic rings. The molecule has 2 N–H and O–H groups in total. The lowest BCUT2D eigenvalue weighted by molar-refractivity contribution is -0.139. The fourth-order valence-electron chi connectivity index (χ4n) is 1.75. The Morgan fingerprint density at radius 3 is 2.38 bits per heavy atom. The van der Waals surface area contributed by atoms with E-state index in [1.807, 2.05) is 0 Å². The highest BCUT2D eigenvalue weighted by Crippen LogP contribution is 2.34. The zero-order valence-corrected chi connectivity index (χ0v) is 12.2. The summed E-state index contributed by atoms with van der Waals surface area (Å²) in [5.74, 6) is 0. The predicted octanol–water partition coefficient (Wildman–Crippen LogP) is 1.30. The molecule has 0 radical (unpaired) electrons. The summed E-state index contributed by atoms with van der Waals surface area (Å²) in [4.78, 5) is -0.776. The van der Waals surface area contributed by atoms with Crippen molar-refractivity contribution in [1.82, 2.24) is 4.31 Å². The molecule has 0 amide bonds. The first-order valence-electron chi connectivity index (χ1n) is 6.10. The van der Waals surface area contributed by atoms with Crippen molar-refractivity contribution >= 4 is 10.0 Å². The Kier molecular flexibility index (Phi) is 6.14. The van der Waals surface area contributed by atoms with Gasteiger partial charge in [0.2, 0.25) is 10.0 Å². The highest BCUT2D eigenvalue weighted by Gasteiger charge is 2.38. The van der Waals surface area contributed by atoms with Crippen LogP contribution in [0.3, 0.4) is 0 Å². The Labute approximate surface area is 121 Å². The molecule has 0 aliphatic carbocycles. The van der Waals surface area contributed by atoms with Gasteiger partial charge in [-0.05, 0) is 12.1 Å². The van der Waals surface area contributed by atoms with Gasteiger partial charge in [0, 0.05) is 26.7 Å². The smallest absolute Gasteiger partial charge is 0.383 e. The molecule has 1 aromatic rings. The standard InChI is InChI=1S/C12H17F3N2O3S/c1-20-9-8-17(7-6-16)21(18,19)11-5-3-2-4-10(11)12(13,14)15/h2-5H,6-9,16H2,1H3. The molecule has 21 heavy (non-hydrogen) atoms. The minimum Gasteiger partial charge on any atom is -0.383 e. The van der Waals surface area contributed by atoms with Gasteiger partial charge in [-0.3, -0.25) is 0 Å². The van der Waals surface area contributed by atoms with Gasteiger partial charge >= 0.3 is 6.18 Å². The Morgan fingerprint density at radius 1 is 1.24 bits per heavy atom. The molecule has 1 aromatic carbocycles. The molecule has 9 heteroatoms. The zero-order chi connectivity index (χ0) is 16.1. The molecule has 0 heterocycles. The summed E-state index contributed by atoms with van der Waals surface area (Å²) in [6.07, 6.45) is -4.75. The van der Waals surface area contributed by atoms with Crippen LogP contribution in [-0.4, -0.2) is 46.1 Å². The highest BCUT2D eigenvalue weighted by molar-refractivity contribution is 7.89. The van der Waals surface area contributed by atoms with E-state index < -0.39 is 26.7 Å². The second-order valence-corrected chi connectivity index (χ2v) is 6.09. The van der Waals surface area contributed by atoms with Crippen molar-refractivity contribution in [2.45, 2.75) is 11.1 Å². The third-order valence-electron chi connectivity index (χ3n) is 2.73. The van der Waals surface area contributed by atoms with Crippen molar-refractivity contribution < 1.29 is 26.3 Å². The molecular weight excluding hydrogens is 309 g/mol. The lowest BCUT2D eigenvalue weighted by Gasteiger charge is -2.23. The van der Waals surface area contributed by atoms with E-state index in [2.05, 4.69) is 0 Å². The SMILES string of the molecule is COCCN(CCN)S(=O)(=O)c1ccccc1C(F)(F)F. The van der Waals surface area contributed by atoms with E-state index >= 15 is 0 Å². The third kappa shape index (κ3) is 4.40. The van der Waals surface area contributed by atoms with E-state index in [0.29, 0.717) is 0 Å². The van der Waals surface area contributed by atoms with E-state index in [1.165, 1.54) is 13.2 Å². The fraction of sp³-hybridized carbons (Fsp3) is 0.500. The quantitative estimate of drug-likeness (QED) is 0.820. The first-order valence-corrected chi connectivity index (χ1v) is 7.54. The first kappa shape index (κ1) is 17.9. The van der Waals surface area contributed by atoms with Crippen molar-refractivity contribution in [1.29, 1.82) is 0 Å². The van der Waals surface area contributed by atoms with Gasteiger partial charge in [-0.2, -0.15) is 17.5 Å². The molecule has 0 bridgehead atoms. The predicted molar refractivity (Wildman–Crippen MR) is 71.1 cm³/mol. The van der Waals surface area contributed by atoms with Gasteiger partial charge in [-0.15, -0.1) is 0 Å². The van der Waals surface area contributed by atoms with Gasteiger partial charge in [0.15, 0.2) is 0 Å². The lowest BCUT2D eigenvalue weighted by atomic mass is 10.2. The molecule has 0 fully saturated rings. The van der Waals surface area contributed by atoms with E-state index in [9.17, 15) is 21.6 Å². The van der Waals surface area contributed by atoms with Crippen LogP contribution < -0.4 is 5.73 Å². The second kappa shape index (κ2) is 7.21. The van der Waals surface area contributed by atoms with E-state index in [-0.39, 0.29) is 26.2 Å². The normalized spacial score (nSPS) is 12.9. The maximum Gasteiger partial charge on any atom is 0.417 e. The summed E-state index contributed by atoms with van der Waals surface area (Å²) in [6.45, 7) is -0.0926. The first-order chi connectivity index (χ1) is 9.75. The fourth-order valence-corrected chi connectivity index (χ4v) is 3.41. The summed E-state index contributed by atoms with van der Waals surface area (Å²) in [7, 11) is -2.92. The van der Waals surface area contributed by atoms with Crippen LogP contribution in [0.1, 0.15) is 5.56 Å². The number of alkyl halides is 3. The summed E-state index contributed by atoms with van der Waals surface area (Å²) in [5, 5.41) is 0. The van der Waals surface area contributed by atoms with Gasteiger partial charge in [0.1, 0.15) is 0 Å². The van der Waals surface area contributed by atoms with Crippen LogP contribution in [-0.2, 0) is 20.9 Å². The molecule has 5 nitrogen and oxygen atoms in total. The van der Waals surface area contributed by atoms with Crippen LogP contribution in [0.4, 0.5) is 13.2 Å². The average molecular weight is 326 g/mol. The number of halogens is 3. The van der Waals surface area contributed by atoms with Crippen molar-refractivity contribution in [3.63, 3.8) is 0 Å². The number of nitrogens with zero attached hydrogens (tertiary/aromatic N) is 1. The van der Waals surface area contributed by atoms with E-state index in [4.69, 9.17) is 10.5 Å². The number of benzene rings is 1. The summed E-state index contributed by atoms with van der Waals surface area (Å²) in [6, 6.07) is 4.07. The number of ether oxygens (including phenoxy) is 1. The van der Waals surface area contributed by atoms with Crippen molar-refractivity contribution in [2.24, 2.45) is 5.73 Å². The Morgan fingerprint density at radius 2 is 1.86 bits per heavy atom. The second-order valence-electron chi connectivity index (χ2n) is 4.18. The highest BCUT2D eigenvalue weighted by atomic mass is 32.2. The molecular formula is C12H17F3N2O3S. The molecule has 0 aromatic heterocycles. The molecule has 0 spiro atoms. The minimum absolute atomic E-state index is 0.00285. The van der Waals surface area contributed by atoms with Gasteiger partial charge in [-0.25, -0.2) is 8.42 Å². The molecule has 0 saturated heterocycles. The number of sulfonamides is 1. The summed E-state index contributed by atoms with van der Waals surface area (Å²) < 4.78 is 69.3. The largest absolute Gasteiger partial charge is 0.417 e. The van der Waals surface area contributed by atoms with Crippen molar-refractivity contribution in [3.8, 4) is 0 Å². The van der Waals surface area contributed by atoms with Crippen LogP contribution >= 0.6 is 0 Å². The number of rotatable bonds is 7. The Hall–Kier alpha value is -1.16. The van der Waals surface area contributed by atoms with Gasteiger partial charge in [0.05, 0.1) is 17.1 Å². The van der Waals surface area contributed by atoms with Gasteiger partial charge in [-0.1, -0.05) is 12.1 Å². The number of methoxy groups -OCH3 is 1. The number of hydrogen-bond acceptors (Lipinski definition) is 4. The molecule has 120 valence electrons. The number of hydrogen-bond donors (Lipinski definition) is 1. The lowest BCUT2D eigenvalue weighted by Crippen LogP contribution is -2.38. The van der Waals surface area contributed by atoms with Crippen LogP contribution in [0.15, 0.2) is 29.2 Å². The topological polar surface area (TPSA) is 72.6 Å². The molecule has 1 rings (SSSR count). The minimum atomic E-state index is -4.75. The van der Waals surface area contributed by atoms with Crippen molar-refractivity contribution in [3.05, 3.63) is 29.8 Å². The van der Waals surface area contributed by atoms with E-state index in [1.54, 1.807) is 0 Å². The van der Waals surface area contributed by atoms with Crippen LogP contribution in [0, 0.1) is 0 Å². The average Bonchev–Trinajstić information content (AvgIpc) is 2.42. The molecule has 0 saturated carbocycles. The van der Waals surface area contributed by atoms with Gasteiger partial charge < -0.3 is 10.5 Å². The van der Waals surface area contributed by atoms with Crippen molar-refractivity contribution in [2.75, 3.05) is 33.4 Å². The summed E-state index contributed by atoms with van der Waals surface area (Å²) in [5.41, 5.74) is 4.14. The Bertz CT molecular complexity index is 561. The van der Waals surface area contributed by atoms with Crippen LogP contribution in [0.5, 0.6) is 0 Å². The van der Waals surface area contributed by atoms with Gasteiger partial charge in [0.25, 0.3) is 0 Å². The molecule has 0 atom stereocenters. The van der Waals surface area contributed by atoms with Crippen LogP contribution in [0.2, 0.25) is 0 Å². The third-order valence-corrected chi connectivity index (χ3v) is 4.69. The monoisotopic (exact) mass is 326 g/mol. The number of nitrogens with two attached hydrogens (primary N) is 1. The Balaban J connectivity index is 3.28. The maximum absolute atomic E-state index is 12.9. The molecule has 0 unspecified atom stereocenters. The van der Waals surface area contributed by atoms with E-state index in [0.717, 1.165) is 22.5 Å². The maximum atomic E-state index is 12.9. The molecule has 0 aliphatic heterocycles. The van der Waals surface area contributed by atoms with Crippen LogP contribution in [0.25, 0.3) is 0 Å². The zero-order valence-electron chi connectivity index (χ0n) is 11.4. The summed E-state index contributed by atoms with van der Waals surface area (Å²) >= 11 is 0.